The van der Waals surface area contributed by atoms with Gasteiger partial charge in [-0.05, 0) is 38.7 Å². The Morgan fingerprint density at radius 2 is 1.70 bits per heavy atom. The molecule has 0 spiro atoms. The fraction of sp³-hybridized carbons (Fsp3) is 0.619. The van der Waals surface area contributed by atoms with Gasteiger partial charge in [0, 0.05) is 6.54 Å². The quantitative estimate of drug-likeness (QED) is 0.674. The van der Waals surface area contributed by atoms with Crippen molar-refractivity contribution in [2.75, 3.05) is 6.54 Å². The van der Waals surface area contributed by atoms with Crippen LogP contribution in [0.2, 0.25) is 0 Å². The predicted octanol–water partition coefficient (Wildman–Crippen LogP) is 3.82. The molecule has 6 nitrogen and oxygen atoms in total. The molecule has 1 aromatic rings. The highest BCUT2D eigenvalue weighted by molar-refractivity contribution is 5.67. The fourth-order valence-corrected chi connectivity index (χ4v) is 2.55. The van der Waals surface area contributed by atoms with Crippen molar-refractivity contribution in [3.8, 4) is 0 Å². The van der Waals surface area contributed by atoms with E-state index in [0.717, 1.165) is 5.56 Å². The topological polar surface area (TPSA) is 76.7 Å². The van der Waals surface area contributed by atoms with Crippen LogP contribution in [0, 0.1) is 5.41 Å². The van der Waals surface area contributed by atoms with E-state index in [1.165, 1.54) is 0 Å². The zero-order valence-electron chi connectivity index (χ0n) is 17.5. The van der Waals surface area contributed by atoms with Gasteiger partial charge in [-0.15, -0.1) is 0 Å². The predicted molar refractivity (Wildman–Crippen MR) is 106 cm³/mol. The van der Waals surface area contributed by atoms with Crippen LogP contribution < -0.4 is 10.6 Å². The van der Waals surface area contributed by atoms with E-state index in [1.807, 2.05) is 78.8 Å². The molecule has 152 valence electrons. The van der Waals surface area contributed by atoms with E-state index in [2.05, 4.69) is 10.6 Å². The Morgan fingerprint density at radius 3 is 2.19 bits per heavy atom. The number of nitrogens with one attached hydrogen (secondary N) is 2. The van der Waals surface area contributed by atoms with Crippen molar-refractivity contribution in [3.63, 3.8) is 0 Å². The van der Waals surface area contributed by atoms with Crippen LogP contribution in [0.5, 0.6) is 0 Å². The molecule has 27 heavy (non-hydrogen) atoms. The maximum Gasteiger partial charge on any atom is 0.407 e. The highest BCUT2D eigenvalue weighted by atomic mass is 16.6. The standard InChI is InChI=1S/C21H34N2O4/c1-15(23-14-24)18(16-11-9-8-10-12-16)26-17(20(2,3)4)13-22-19(25)27-21(5,6)7/h8-12,14-15,17-18H,13H2,1-7H3,(H,22,25)(H,23,24)/t15-,17-,18-/m0/s1. The number of alkyl carbamates (subject to hydrolysis) is 1. The number of benzene rings is 1. The van der Waals surface area contributed by atoms with Gasteiger partial charge in [-0.2, -0.15) is 0 Å². The Balaban J connectivity index is 2.93. The zero-order valence-corrected chi connectivity index (χ0v) is 17.5. The number of ether oxygens (including phenoxy) is 2. The first-order valence-corrected chi connectivity index (χ1v) is 9.31. The molecule has 0 bridgehead atoms. The molecule has 2 amide bonds. The molecule has 0 unspecified atom stereocenters. The number of rotatable bonds is 8. The second-order valence-electron chi connectivity index (χ2n) is 8.78. The third-order valence-corrected chi connectivity index (χ3v) is 4.02. The minimum Gasteiger partial charge on any atom is -0.444 e. The van der Waals surface area contributed by atoms with Crippen LogP contribution in [-0.4, -0.2) is 36.8 Å². The van der Waals surface area contributed by atoms with Gasteiger partial charge in [0.1, 0.15) is 11.7 Å². The van der Waals surface area contributed by atoms with E-state index in [4.69, 9.17) is 9.47 Å². The van der Waals surface area contributed by atoms with Crippen LogP contribution in [0.15, 0.2) is 30.3 Å². The third kappa shape index (κ3) is 8.43. The minimum atomic E-state index is -0.558. The summed E-state index contributed by atoms with van der Waals surface area (Å²) in [7, 11) is 0. The number of hydrogen-bond acceptors (Lipinski definition) is 4. The molecule has 0 aromatic heterocycles. The molecule has 6 heteroatoms. The summed E-state index contributed by atoms with van der Waals surface area (Å²) in [6.07, 6.45) is -0.433. The largest absolute Gasteiger partial charge is 0.444 e. The van der Waals surface area contributed by atoms with Crippen molar-refractivity contribution in [1.29, 1.82) is 0 Å². The Kier molecular flexibility index (Phi) is 8.28. The summed E-state index contributed by atoms with van der Waals surface area (Å²) in [6.45, 7) is 13.8. The lowest BCUT2D eigenvalue weighted by atomic mass is 9.88. The Morgan fingerprint density at radius 1 is 1.11 bits per heavy atom. The van der Waals surface area contributed by atoms with Crippen LogP contribution in [-0.2, 0) is 14.3 Å². The highest BCUT2D eigenvalue weighted by Crippen LogP contribution is 2.30. The van der Waals surface area contributed by atoms with Crippen molar-refractivity contribution in [3.05, 3.63) is 35.9 Å². The molecule has 0 aliphatic heterocycles. The maximum atomic E-state index is 12.0. The van der Waals surface area contributed by atoms with Crippen molar-refractivity contribution in [2.45, 2.75) is 72.3 Å². The van der Waals surface area contributed by atoms with Crippen LogP contribution >= 0.6 is 0 Å². The third-order valence-electron chi connectivity index (χ3n) is 4.02. The van der Waals surface area contributed by atoms with Crippen LogP contribution in [0.25, 0.3) is 0 Å². The van der Waals surface area contributed by atoms with Crippen molar-refractivity contribution in [2.24, 2.45) is 5.41 Å². The molecule has 0 saturated carbocycles. The van der Waals surface area contributed by atoms with Gasteiger partial charge in [-0.25, -0.2) is 4.79 Å². The normalized spacial score (nSPS) is 15.4. The summed E-state index contributed by atoms with van der Waals surface area (Å²) >= 11 is 0. The van der Waals surface area contributed by atoms with Crippen molar-refractivity contribution >= 4 is 12.5 Å². The van der Waals surface area contributed by atoms with Gasteiger partial charge in [0.15, 0.2) is 0 Å². The van der Waals surface area contributed by atoms with Crippen LogP contribution in [0.3, 0.4) is 0 Å². The lowest BCUT2D eigenvalue weighted by Crippen LogP contribution is -2.45. The molecule has 0 saturated heterocycles. The van der Waals surface area contributed by atoms with Gasteiger partial charge in [0.25, 0.3) is 0 Å². The van der Waals surface area contributed by atoms with E-state index in [9.17, 15) is 9.59 Å². The SMILES string of the molecule is C[C@H](NC=O)[C@H](O[C@@H](CNC(=O)OC(C)(C)C)C(C)(C)C)c1ccccc1. The molecule has 2 N–H and O–H groups in total. The molecule has 0 aliphatic rings. The molecule has 0 radical (unpaired) electrons. The van der Waals surface area contributed by atoms with Gasteiger partial charge in [0.05, 0.1) is 12.1 Å². The van der Waals surface area contributed by atoms with Gasteiger partial charge >= 0.3 is 6.09 Å². The monoisotopic (exact) mass is 378 g/mol. The van der Waals surface area contributed by atoms with E-state index in [0.29, 0.717) is 13.0 Å². The van der Waals surface area contributed by atoms with Gasteiger partial charge < -0.3 is 20.1 Å². The molecule has 1 aromatic carbocycles. The number of amides is 2. The van der Waals surface area contributed by atoms with Crippen LogP contribution in [0.4, 0.5) is 4.79 Å². The molecular formula is C21H34N2O4. The smallest absolute Gasteiger partial charge is 0.407 e. The van der Waals surface area contributed by atoms with Gasteiger partial charge in [0.2, 0.25) is 6.41 Å². The molecule has 3 atom stereocenters. The summed E-state index contributed by atoms with van der Waals surface area (Å²) in [5.74, 6) is 0. The lowest BCUT2D eigenvalue weighted by Gasteiger charge is -2.36. The summed E-state index contributed by atoms with van der Waals surface area (Å²) in [4.78, 5) is 23.0. The Bertz CT molecular complexity index is 590. The second-order valence-corrected chi connectivity index (χ2v) is 8.78. The Hall–Kier alpha value is -2.08. The average molecular weight is 379 g/mol. The highest BCUT2D eigenvalue weighted by Gasteiger charge is 2.32. The first-order chi connectivity index (χ1) is 12.4. The van der Waals surface area contributed by atoms with Crippen molar-refractivity contribution < 1.29 is 19.1 Å². The molecule has 1 rings (SSSR count). The summed E-state index contributed by atoms with van der Waals surface area (Å²) in [5, 5.41) is 5.58. The lowest BCUT2D eigenvalue weighted by molar-refractivity contribution is -0.113. The van der Waals surface area contributed by atoms with E-state index in [1.54, 1.807) is 0 Å². The molecule has 0 heterocycles. The Labute approximate surface area is 163 Å². The number of carbonyl (C=O) groups excluding carboxylic acids is 2. The fourth-order valence-electron chi connectivity index (χ4n) is 2.55. The summed E-state index contributed by atoms with van der Waals surface area (Å²) < 4.78 is 11.7. The molecule has 0 fully saturated rings. The van der Waals surface area contributed by atoms with Gasteiger partial charge in [-0.1, -0.05) is 51.1 Å². The number of hydrogen-bond donors (Lipinski definition) is 2. The first-order valence-electron chi connectivity index (χ1n) is 9.31. The van der Waals surface area contributed by atoms with Crippen molar-refractivity contribution in [1.82, 2.24) is 10.6 Å². The van der Waals surface area contributed by atoms with E-state index < -0.39 is 11.7 Å². The molecular weight excluding hydrogens is 344 g/mol. The van der Waals surface area contributed by atoms with E-state index >= 15 is 0 Å². The first kappa shape index (κ1) is 23.0. The second kappa shape index (κ2) is 9.74. The van der Waals surface area contributed by atoms with Crippen LogP contribution in [0.1, 0.15) is 60.1 Å². The van der Waals surface area contributed by atoms with Gasteiger partial charge in [-0.3, -0.25) is 4.79 Å². The number of carbonyl (C=O) groups is 2. The zero-order chi connectivity index (χ0) is 20.7. The van der Waals surface area contributed by atoms with E-state index in [-0.39, 0.29) is 23.7 Å². The average Bonchev–Trinajstić information content (AvgIpc) is 2.53. The summed E-state index contributed by atoms with van der Waals surface area (Å²) in [5.41, 5.74) is 0.172. The maximum absolute atomic E-state index is 12.0. The summed E-state index contributed by atoms with van der Waals surface area (Å²) in [6, 6.07) is 9.51. The molecule has 0 aliphatic carbocycles. The minimum absolute atomic E-state index is 0.226.